The van der Waals surface area contributed by atoms with E-state index >= 15 is 0 Å². The zero-order valence-electron chi connectivity index (χ0n) is 17.6. The maximum absolute atomic E-state index is 12.8. The van der Waals surface area contributed by atoms with Gasteiger partial charge in [0.05, 0.1) is 22.4 Å². The van der Waals surface area contributed by atoms with E-state index in [0.717, 1.165) is 15.8 Å². The number of aromatic nitrogens is 1. The Labute approximate surface area is 188 Å². The fraction of sp³-hybridized carbons (Fsp3) is 0.0769. The molecular weight excluding hydrogens is 420 g/mol. The summed E-state index contributed by atoms with van der Waals surface area (Å²) in [5.41, 5.74) is 2.51. The molecule has 0 spiro atoms. The number of hydrogen-bond donors (Lipinski definition) is 1. The Kier molecular flexibility index (Phi) is 4.86. The zero-order valence-corrected chi connectivity index (χ0v) is 17.6. The number of rotatable bonds is 5. The van der Waals surface area contributed by atoms with Crippen molar-refractivity contribution in [2.24, 2.45) is 0 Å². The summed E-state index contributed by atoms with van der Waals surface area (Å²) in [6.07, 6.45) is 0.612. The summed E-state index contributed by atoms with van der Waals surface area (Å²) in [6.45, 7) is 1.52. The highest BCUT2D eigenvalue weighted by Crippen LogP contribution is 2.28. The van der Waals surface area contributed by atoms with Crippen molar-refractivity contribution in [3.8, 4) is 0 Å². The quantitative estimate of drug-likeness (QED) is 0.283. The lowest BCUT2D eigenvalue weighted by atomic mass is 10.1. The van der Waals surface area contributed by atoms with Gasteiger partial charge < -0.3 is 9.72 Å². The number of esters is 1. The Morgan fingerprint density at radius 2 is 1.45 bits per heavy atom. The van der Waals surface area contributed by atoms with Gasteiger partial charge in [-0.1, -0.05) is 30.3 Å². The Hall–Kier alpha value is -4.52. The fourth-order valence-corrected chi connectivity index (χ4v) is 3.95. The van der Waals surface area contributed by atoms with E-state index in [1.54, 1.807) is 30.5 Å². The molecule has 0 saturated carbocycles. The molecule has 0 fully saturated rings. The van der Waals surface area contributed by atoms with E-state index in [4.69, 9.17) is 4.74 Å². The Balaban J connectivity index is 1.31. The first-order valence-corrected chi connectivity index (χ1v) is 10.3. The van der Waals surface area contributed by atoms with Crippen LogP contribution >= 0.6 is 0 Å². The van der Waals surface area contributed by atoms with Crippen molar-refractivity contribution in [3.63, 3.8) is 0 Å². The van der Waals surface area contributed by atoms with Crippen molar-refractivity contribution in [2.45, 2.75) is 13.0 Å². The van der Waals surface area contributed by atoms with Gasteiger partial charge >= 0.3 is 5.97 Å². The van der Waals surface area contributed by atoms with Crippen molar-refractivity contribution in [3.05, 3.63) is 101 Å². The Morgan fingerprint density at radius 1 is 0.848 bits per heavy atom. The molecule has 33 heavy (non-hydrogen) atoms. The highest BCUT2D eigenvalue weighted by Gasteiger charge is 2.36. The van der Waals surface area contributed by atoms with Crippen LogP contribution in [0.1, 0.15) is 48.4 Å². The second kappa shape index (κ2) is 7.87. The molecule has 2 amide bonds. The summed E-state index contributed by atoms with van der Waals surface area (Å²) in [6, 6.07) is 19.9. The smallest absolute Gasteiger partial charge is 0.338 e. The first kappa shape index (κ1) is 20.4. The third-order valence-corrected chi connectivity index (χ3v) is 5.66. The number of ether oxygens (including phenoxy) is 1. The van der Waals surface area contributed by atoms with Crippen LogP contribution in [0.3, 0.4) is 0 Å². The molecule has 0 aliphatic carbocycles. The minimum atomic E-state index is -0.993. The van der Waals surface area contributed by atoms with Gasteiger partial charge in [-0.25, -0.2) is 9.69 Å². The number of benzene rings is 3. The number of nitrogens with one attached hydrogen (secondary N) is 1. The fourth-order valence-electron chi connectivity index (χ4n) is 3.95. The summed E-state index contributed by atoms with van der Waals surface area (Å²) in [4.78, 5) is 54.8. The van der Waals surface area contributed by atoms with Crippen LogP contribution < -0.4 is 4.90 Å². The number of nitrogens with zero attached hydrogens (tertiary/aromatic N) is 1. The van der Waals surface area contributed by atoms with Gasteiger partial charge in [-0.2, -0.15) is 0 Å². The van der Waals surface area contributed by atoms with E-state index in [0.29, 0.717) is 22.4 Å². The first-order chi connectivity index (χ1) is 16.0. The molecular formula is C26H18N2O5. The van der Waals surface area contributed by atoms with E-state index in [1.165, 1.54) is 31.2 Å². The predicted octanol–water partition coefficient (Wildman–Crippen LogP) is 4.40. The van der Waals surface area contributed by atoms with Gasteiger partial charge in [0.2, 0.25) is 5.78 Å². The molecule has 0 saturated heterocycles. The van der Waals surface area contributed by atoms with Gasteiger partial charge in [-0.3, -0.25) is 14.4 Å². The Bertz CT molecular complexity index is 1400. The van der Waals surface area contributed by atoms with Crippen LogP contribution in [0, 0.1) is 0 Å². The number of aromatic amines is 1. The number of anilines is 1. The van der Waals surface area contributed by atoms with Crippen LogP contribution in [0.15, 0.2) is 79.0 Å². The van der Waals surface area contributed by atoms with Crippen molar-refractivity contribution >= 4 is 40.2 Å². The molecule has 1 aliphatic heterocycles. The van der Waals surface area contributed by atoms with Crippen molar-refractivity contribution in [1.82, 2.24) is 4.98 Å². The summed E-state index contributed by atoms with van der Waals surface area (Å²) in [5, 5.41) is 0.760. The number of para-hydroxylation sites is 1. The molecule has 7 heteroatoms. The van der Waals surface area contributed by atoms with Crippen LogP contribution in [0.5, 0.6) is 0 Å². The second-order valence-corrected chi connectivity index (χ2v) is 7.70. The minimum Gasteiger partial charge on any atom is -0.451 e. The monoisotopic (exact) mass is 438 g/mol. The maximum atomic E-state index is 12.8. The van der Waals surface area contributed by atoms with Gasteiger partial charge in [0.25, 0.3) is 11.8 Å². The lowest BCUT2D eigenvalue weighted by Crippen LogP contribution is -2.29. The van der Waals surface area contributed by atoms with Gasteiger partial charge in [0.15, 0.2) is 6.10 Å². The van der Waals surface area contributed by atoms with E-state index in [2.05, 4.69) is 4.98 Å². The van der Waals surface area contributed by atoms with Gasteiger partial charge in [0, 0.05) is 22.7 Å². The zero-order chi connectivity index (χ0) is 23.1. The summed E-state index contributed by atoms with van der Waals surface area (Å²) in [7, 11) is 0. The van der Waals surface area contributed by atoms with Crippen LogP contribution in [-0.4, -0.2) is 34.7 Å². The van der Waals surface area contributed by atoms with E-state index in [-0.39, 0.29) is 11.3 Å². The molecule has 162 valence electrons. The molecule has 0 bridgehead atoms. The van der Waals surface area contributed by atoms with E-state index in [1.807, 2.05) is 24.3 Å². The topological polar surface area (TPSA) is 96.5 Å². The number of imide groups is 1. The molecule has 1 aromatic heterocycles. The number of amides is 2. The lowest BCUT2D eigenvalue weighted by molar-refractivity contribution is 0.0319. The normalized spacial score (nSPS) is 13.8. The number of carbonyl (C=O) groups is 4. The molecule has 1 atom stereocenters. The SMILES string of the molecule is CC(OC(=O)c1ccc(N2C(=O)c3ccccc3C2=O)cc1)C(=O)c1c[nH]c2ccccc12. The summed E-state index contributed by atoms with van der Waals surface area (Å²) >= 11 is 0. The number of Topliss-reactive ketones (excluding diaryl/α,β-unsaturated/α-hetero) is 1. The Morgan fingerprint density at radius 3 is 2.12 bits per heavy atom. The van der Waals surface area contributed by atoms with Gasteiger partial charge in [-0.15, -0.1) is 0 Å². The first-order valence-electron chi connectivity index (χ1n) is 10.3. The molecule has 1 aliphatic rings. The molecule has 7 nitrogen and oxygen atoms in total. The van der Waals surface area contributed by atoms with E-state index in [9.17, 15) is 19.2 Å². The molecule has 5 rings (SSSR count). The average Bonchev–Trinajstić information content (AvgIpc) is 3.38. The third kappa shape index (κ3) is 3.40. The van der Waals surface area contributed by atoms with Gasteiger partial charge in [0.1, 0.15) is 0 Å². The maximum Gasteiger partial charge on any atom is 0.338 e. The van der Waals surface area contributed by atoms with Crippen LogP contribution in [0.25, 0.3) is 10.9 Å². The summed E-state index contributed by atoms with van der Waals surface area (Å²) in [5.74, 6) is -1.82. The highest BCUT2D eigenvalue weighted by molar-refractivity contribution is 6.34. The molecule has 1 unspecified atom stereocenters. The molecule has 0 radical (unpaired) electrons. The number of ketones is 1. The standard InChI is InChI=1S/C26H18N2O5/c1-15(23(29)21-14-27-22-9-5-4-6-18(21)22)33-26(32)16-10-12-17(13-11-16)28-24(30)19-7-2-3-8-20(19)25(28)31/h2-15,27H,1H3. The highest BCUT2D eigenvalue weighted by atomic mass is 16.5. The van der Waals surface area contributed by atoms with Crippen LogP contribution in [0.2, 0.25) is 0 Å². The van der Waals surface area contributed by atoms with Crippen molar-refractivity contribution in [1.29, 1.82) is 0 Å². The van der Waals surface area contributed by atoms with Crippen LogP contribution in [0.4, 0.5) is 5.69 Å². The second-order valence-electron chi connectivity index (χ2n) is 7.70. The molecule has 3 aromatic carbocycles. The largest absolute Gasteiger partial charge is 0.451 e. The molecule has 1 N–H and O–H groups in total. The summed E-state index contributed by atoms with van der Waals surface area (Å²) < 4.78 is 5.38. The minimum absolute atomic E-state index is 0.203. The number of hydrogen-bond acceptors (Lipinski definition) is 5. The molecule has 2 heterocycles. The number of fused-ring (bicyclic) bond motifs is 2. The average molecular weight is 438 g/mol. The van der Waals surface area contributed by atoms with Crippen molar-refractivity contribution < 1.29 is 23.9 Å². The lowest BCUT2D eigenvalue weighted by Gasteiger charge is -2.15. The third-order valence-electron chi connectivity index (χ3n) is 5.66. The molecule has 4 aromatic rings. The van der Waals surface area contributed by atoms with E-state index < -0.39 is 23.9 Å². The van der Waals surface area contributed by atoms with Gasteiger partial charge in [-0.05, 0) is 49.4 Å². The predicted molar refractivity (Wildman–Crippen MR) is 122 cm³/mol. The van der Waals surface area contributed by atoms with Crippen LogP contribution in [-0.2, 0) is 4.74 Å². The number of H-pyrrole nitrogens is 1. The number of carbonyl (C=O) groups excluding carboxylic acids is 4. The van der Waals surface area contributed by atoms with Crippen molar-refractivity contribution in [2.75, 3.05) is 4.90 Å².